The Morgan fingerprint density at radius 2 is 1.72 bits per heavy atom. The molecule has 8 nitrogen and oxygen atoms in total. The monoisotopic (exact) mass is 417 g/mol. The lowest BCUT2D eigenvalue weighted by Gasteiger charge is -2.34. The van der Waals surface area contributed by atoms with Crippen molar-refractivity contribution in [2.75, 3.05) is 31.1 Å². The summed E-state index contributed by atoms with van der Waals surface area (Å²) in [6.45, 7) is 3.98. The van der Waals surface area contributed by atoms with Crippen LogP contribution in [0.25, 0.3) is 11.0 Å². The largest absolute Gasteiger partial charge is 0.338 e. The maximum absolute atomic E-state index is 12.8. The molecule has 0 radical (unpaired) electrons. The second-order valence-electron chi connectivity index (χ2n) is 8.51. The zero-order valence-corrected chi connectivity index (χ0v) is 17.6. The Kier molecular flexibility index (Phi) is 4.62. The van der Waals surface area contributed by atoms with Crippen molar-refractivity contribution in [2.24, 2.45) is 0 Å². The first-order valence-electron chi connectivity index (χ1n) is 10.6. The van der Waals surface area contributed by atoms with Crippen LogP contribution in [-0.4, -0.2) is 58.7 Å². The smallest absolute Gasteiger partial charge is 0.252 e. The Balaban J connectivity index is 1.45. The van der Waals surface area contributed by atoms with Crippen LogP contribution < -0.4 is 10.5 Å². The summed E-state index contributed by atoms with van der Waals surface area (Å²) in [5.41, 5.74) is 1.61. The van der Waals surface area contributed by atoms with Gasteiger partial charge in [-0.3, -0.25) is 9.36 Å². The number of aromatic nitrogens is 3. The van der Waals surface area contributed by atoms with Crippen LogP contribution in [0.4, 0.5) is 5.95 Å². The molecule has 0 spiro atoms. The summed E-state index contributed by atoms with van der Waals surface area (Å²) in [7, 11) is -3.14. The number of sulfonamides is 1. The topological polar surface area (TPSA) is 88.4 Å². The minimum Gasteiger partial charge on any atom is -0.338 e. The molecule has 0 N–H and O–H groups in total. The van der Waals surface area contributed by atoms with E-state index in [-0.39, 0.29) is 16.9 Å². The van der Waals surface area contributed by atoms with Crippen molar-refractivity contribution < 1.29 is 8.42 Å². The lowest BCUT2D eigenvalue weighted by atomic mass is 10.1. The second-order valence-corrected chi connectivity index (χ2v) is 10.7. The number of pyridine rings is 1. The molecule has 156 valence electrons. The fourth-order valence-electron chi connectivity index (χ4n) is 4.65. The summed E-state index contributed by atoms with van der Waals surface area (Å²) < 4.78 is 28.4. The molecule has 0 aromatic carbocycles. The Labute approximate surface area is 170 Å². The quantitative estimate of drug-likeness (QED) is 0.754. The first-order valence-corrected chi connectivity index (χ1v) is 12.1. The normalized spacial score (nSPS) is 21.9. The van der Waals surface area contributed by atoms with Crippen molar-refractivity contribution in [1.82, 2.24) is 18.8 Å². The number of nitrogens with zero attached hydrogens (tertiary/aromatic N) is 5. The van der Waals surface area contributed by atoms with Gasteiger partial charge in [0.15, 0.2) is 0 Å². The first kappa shape index (κ1) is 19.0. The van der Waals surface area contributed by atoms with E-state index in [2.05, 4.69) is 4.98 Å². The Morgan fingerprint density at radius 1 is 1.03 bits per heavy atom. The Hall–Kier alpha value is -2.00. The van der Waals surface area contributed by atoms with Crippen LogP contribution in [0.5, 0.6) is 0 Å². The van der Waals surface area contributed by atoms with Crippen molar-refractivity contribution >= 4 is 27.0 Å². The van der Waals surface area contributed by atoms with Gasteiger partial charge in [0.25, 0.3) is 5.56 Å². The molecule has 3 aliphatic rings. The summed E-state index contributed by atoms with van der Waals surface area (Å²) in [5, 5.41) is 0.741. The molecule has 5 rings (SSSR count). The van der Waals surface area contributed by atoms with Gasteiger partial charge in [-0.15, -0.1) is 0 Å². The van der Waals surface area contributed by atoms with Crippen molar-refractivity contribution in [1.29, 1.82) is 0 Å². The highest BCUT2D eigenvalue weighted by molar-refractivity contribution is 7.90. The van der Waals surface area contributed by atoms with Crippen LogP contribution >= 0.6 is 0 Å². The van der Waals surface area contributed by atoms with E-state index in [1.54, 1.807) is 10.4 Å². The van der Waals surface area contributed by atoms with Gasteiger partial charge < -0.3 is 4.90 Å². The molecular formula is C20H27N5O3S. The maximum Gasteiger partial charge on any atom is 0.252 e. The maximum atomic E-state index is 12.8. The molecule has 1 aliphatic heterocycles. The molecule has 0 amide bonds. The van der Waals surface area contributed by atoms with E-state index in [4.69, 9.17) is 4.98 Å². The molecule has 3 heterocycles. The molecule has 2 aliphatic carbocycles. The summed E-state index contributed by atoms with van der Waals surface area (Å²) in [4.78, 5) is 24.2. The van der Waals surface area contributed by atoms with Crippen LogP contribution in [0.2, 0.25) is 0 Å². The van der Waals surface area contributed by atoms with Gasteiger partial charge in [-0.1, -0.05) is 12.8 Å². The number of anilines is 1. The molecule has 0 atom stereocenters. The van der Waals surface area contributed by atoms with Crippen LogP contribution in [0.1, 0.15) is 50.1 Å². The molecule has 0 unspecified atom stereocenters. The third-order valence-electron chi connectivity index (χ3n) is 6.50. The third-order valence-corrected chi connectivity index (χ3v) is 8.90. The van der Waals surface area contributed by atoms with Crippen LogP contribution in [0, 0.1) is 6.92 Å². The zero-order valence-electron chi connectivity index (χ0n) is 16.7. The fraction of sp³-hybridized carbons (Fsp3) is 0.650. The molecule has 2 aromatic heterocycles. The second kappa shape index (κ2) is 7.05. The minimum absolute atomic E-state index is 0.00639. The average molecular weight is 418 g/mol. The SMILES string of the molecule is Cc1cc(=O)n(C2CCCC2)c2nc(N3CCN(S(=O)(=O)C4CC4)CC3)ncc12. The number of aryl methyl sites for hydroxylation is 1. The van der Waals surface area contributed by atoms with Gasteiger partial charge in [0, 0.05) is 49.9 Å². The molecule has 2 aromatic rings. The van der Waals surface area contributed by atoms with Crippen molar-refractivity contribution in [3.8, 4) is 0 Å². The highest BCUT2D eigenvalue weighted by atomic mass is 32.2. The van der Waals surface area contributed by atoms with E-state index in [0.717, 1.165) is 49.5 Å². The van der Waals surface area contributed by atoms with Crippen LogP contribution in [-0.2, 0) is 10.0 Å². The van der Waals surface area contributed by atoms with E-state index in [0.29, 0.717) is 37.8 Å². The van der Waals surface area contributed by atoms with Gasteiger partial charge in [-0.25, -0.2) is 13.4 Å². The van der Waals surface area contributed by atoms with Crippen LogP contribution in [0.15, 0.2) is 17.1 Å². The predicted octanol–water partition coefficient (Wildman–Crippen LogP) is 1.83. The predicted molar refractivity (Wildman–Crippen MR) is 112 cm³/mol. The van der Waals surface area contributed by atoms with E-state index < -0.39 is 10.0 Å². The summed E-state index contributed by atoms with van der Waals surface area (Å²) in [5.74, 6) is 0.581. The van der Waals surface area contributed by atoms with Gasteiger partial charge in [0.05, 0.1) is 5.25 Å². The molecular weight excluding hydrogens is 390 g/mol. The standard InChI is InChI=1S/C20H27N5O3S/c1-14-12-18(26)25(15-4-2-3-5-15)19-17(14)13-21-20(22-19)23-8-10-24(11-9-23)29(27,28)16-6-7-16/h12-13,15-16H,2-11H2,1H3. The van der Waals surface area contributed by atoms with Gasteiger partial charge in [-0.05, 0) is 38.2 Å². The van der Waals surface area contributed by atoms with E-state index in [1.807, 2.05) is 22.6 Å². The summed E-state index contributed by atoms with van der Waals surface area (Å²) >= 11 is 0. The number of hydrogen-bond acceptors (Lipinski definition) is 6. The van der Waals surface area contributed by atoms with E-state index >= 15 is 0 Å². The lowest BCUT2D eigenvalue weighted by Crippen LogP contribution is -2.50. The Bertz CT molecular complexity index is 1100. The van der Waals surface area contributed by atoms with Gasteiger partial charge >= 0.3 is 0 Å². The zero-order chi connectivity index (χ0) is 20.2. The summed E-state index contributed by atoms with van der Waals surface area (Å²) in [6, 6.07) is 1.89. The highest BCUT2D eigenvalue weighted by Crippen LogP contribution is 2.33. The number of fused-ring (bicyclic) bond motifs is 1. The fourth-order valence-corrected chi connectivity index (χ4v) is 6.48. The van der Waals surface area contributed by atoms with Gasteiger partial charge in [-0.2, -0.15) is 9.29 Å². The molecule has 0 bridgehead atoms. The summed E-state index contributed by atoms with van der Waals surface area (Å²) in [6.07, 6.45) is 7.68. The average Bonchev–Trinajstić information content (AvgIpc) is 3.45. The van der Waals surface area contributed by atoms with Crippen molar-refractivity contribution in [2.45, 2.75) is 56.7 Å². The van der Waals surface area contributed by atoms with Crippen molar-refractivity contribution in [3.05, 3.63) is 28.2 Å². The van der Waals surface area contributed by atoms with E-state index in [1.165, 1.54) is 0 Å². The first-order chi connectivity index (χ1) is 13.9. The highest BCUT2D eigenvalue weighted by Gasteiger charge is 2.41. The molecule has 2 saturated carbocycles. The molecule has 9 heteroatoms. The third kappa shape index (κ3) is 3.34. The number of hydrogen-bond donors (Lipinski definition) is 0. The molecule has 3 fully saturated rings. The minimum atomic E-state index is -3.14. The van der Waals surface area contributed by atoms with E-state index in [9.17, 15) is 13.2 Å². The van der Waals surface area contributed by atoms with Gasteiger partial charge in [0.2, 0.25) is 16.0 Å². The molecule has 1 saturated heterocycles. The van der Waals surface area contributed by atoms with Crippen molar-refractivity contribution in [3.63, 3.8) is 0 Å². The van der Waals surface area contributed by atoms with Gasteiger partial charge in [0.1, 0.15) is 5.65 Å². The van der Waals surface area contributed by atoms with Crippen LogP contribution in [0.3, 0.4) is 0 Å². The number of piperazine rings is 1. The lowest BCUT2D eigenvalue weighted by molar-refractivity contribution is 0.382. The number of rotatable bonds is 4. The Morgan fingerprint density at radius 3 is 2.38 bits per heavy atom. The molecule has 29 heavy (non-hydrogen) atoms.